The maximum Gasteiger partial charge on any atom is 0.234 e. The van der Waals surface area contributed by atoms with Gasteiger partial charge in [-0.3, -0.25) is 4.79 Å². The lowest BCUT2D eigenvalue weighted by molar-refractivity contribution is -0.113. The molecule has 0 saturated carbocycles. The molecule has 0 atom stereocenters. The maximum absolute atomic E-state index is 12.3. The zero-order chi connectivity index (χ0) is 23.1. The Morgan fingerprint density at radius 3 is 2.69 bits per heavy atom. The van der Waals surface area contributed by atoms with Gasteiger partial charge in [-0.1, -0.05) is 64.2 Å². The molecule has 0 spiro atoms. The summed E-state index contributed by atoms with van der Waals surface area (Å²) in [6.07, 6.45) is 1.41. The molecule has 1 aromatic heterocycles. The molecular weight excluding hydrogens is 514 g/mol. The van der Waals surface area contributed by atoms with Gasteiger partial charge in [-0.2, -0.15) is 0 Å². The molecule has 0 fully saturated rings. The third-order valence-electron chi connectivity index (χ3n) is 4.36. The van der Waals surface area contributed by atoms with Crippen LogP contribution < -0.4 is 10.1 Å². The Labute approximate surface area is 210 Å². The molecule has 3 rings (SSSR count). The number of carbonyl (C=O) groups is 1. The molecule has 0 unspecified atom stereocenters. The zero-order valence-corrected chi connectivity index (χ0v) is 20.9. The molecule has 1 amide bonds. The topological polar surface area (TPSA) is 69.0 Å². The largest absolute Gasteiger partial charge is 0.492 e. The molecule has 3 aromatic rings. The highest BCUT2D eigenvalue weighted by Gasteiger charge is 2.14. The average Bonchev–Trinajstić information content (AvgIpc) is 3.16. The lowest BCUT2D eigenvalue weighted by Crippen LogP contribution is -2.15. The molecule has 0 aliphatic carbocycles. The predicted molar refractivity (Wildman–Crippen MR) is 132 cm³/mol. The van der Waals surface area contributed by atoms with E-state index in [-0.39, 0.29) is 11.7 Å². The van der Waals surface area contributed by atoms with Gasteiger partial charge >= 0.3 is 0 Å². The summed E-state index contributed by atoms with van der Waals surface area (Å²) >= 11 is 25.4. The van der Waals surface area contributed by atoms with Crippen molar-refractivity contribution < 1.29 is 9.53 Å². The molecule has 170 valence electrons. The van der Waals surface area contributed by atoms with Crippen LogP contribution in [0.1, 0.15) is 19.2 Å². The first-order valence-corrected chi connectivity index (χ1v) is 12.3. The quantitative estimate of drug-likeness (QED) is 0.233. The monoisotopic (exact) mass is 532 g/mol. The van der Waals surface area contributed by atoms with Crippen LogP contribution in [0.15, 0.2) is 41.6 Å². The molecular formula is C21H20Cl4N4O2S. The highest BCUT2D eigenvalue weighted by molar-refractivity contribution is 7.99. The van der Waals surface area contributed by atoms with Crippen molar-refractivity contribution in [3.05, 3.63) is 62.3 Å². The Bertz CT molecular complexity index is 1090. The Morgan fingerprint density at radius 2 is 1.94 bits per heavy atom. The standard InChI is InChI=1S/C21H20Cl4N4O2S/c1-2-29-18(7-4-10-31-17-9-8-13(22)11-15(17)24)27-28-21(29)32-12-19(30)26-16-6-3-5-14(23)20(16)25/h3,5-6,8-9,11H,2,4,7,10,12H2,1H3,(H,26,30). The molecule has 6 nitrogen and oxygen atoms in total. The summed E-state index contributed by atoms with van der Waals surface area (Å²) in [7, 11) is 0. The van der Waals surface area contributed by atoms with Crippen molar-refractivity contribution in [2.45, 2.75) is 31.5 Å². The Morgan fingerprint density at radius 1 is 1.12 bits per heavy atom. The summed E-state index contributed by atoms with van der Waals surface area (Å²) in [6.45, 7) is 3.17. The molecule has 1 heterocycles. The number of halogens is 4. The molecule has 0 radical (unpaired) electrons. The van der Waals surface area contributed by atoms with Crippen molar-refractivity contribution >= 4 is 69.8 Å². The van der Waals surface area contributed by atoms with Crippen molar-refractivity contribution in [1.29, 1.82) is 0 Å². The SMILES string of the molecule is CCn1c(CCCOc2ccc(Cl)cc2Cl)nnc1SCC(=O)Nc1cccc(Cl)c1Cl. The highest BCUT2D eigenvalue weighted by atomic mass is 35.5. The minimum atomic E-state index is -0.209. The number of hydrogen-bond acceptors (Lipinski definition) is 5. The minimum Gasteiger partial charge on any atom is -0.492 e. The number of aromatic nitrogens is 3. The van der Waals surface area contributed by atoms with Crippen LogP contribution >= 0.6 is 58.2 Å². The third kappa shape index (κ3) is 6.68. The van der Waals surface area contributed by atoms with Crippen molar-refractivity contribution in [3.8, 4) is 5.75 Å². The van der Waals surface area contributed by atoms with E-state index in [9.17, 15) is 4.79 Å². The number of anilines is 1. The second-order valence-electron chi connectivity index (χ2n) is 6.61. The van der Waals surface area contributed by atoms with Crippen LogP contribution in [-0.2, 0) is 17.8 Å². The van der Waals surface area contributed by atoms with Gasteiger partial charge < -0.3 is 14.6 Å². The summed E-state index contributed by atoms with van der Waals surface area (Å²) in [5.41, 5.74) is 0.475. The van der Waals surface area contributed by atoms with Crippen molar-refractivity contribution in [2.75, 3.05) is 17.7 Å². The number of ether oxygens (including phenoxy) is 1. The van der Waals surface area contributed by atoms with Gasteiger partial charge in [0.25, 0.3) is 0 Å². The van der Waals surface area contributed by atoms with E-state index in [1.807, 2.05) is 11.5 Å². The molecule has 0 aliphatic rings. The average molecular weight is 534 g/mol. The normalized spacial score (nSPS) is 10.9. The number of rotatable bonds is 10. The zero-order valence-electron chi connectivity index (χ0n) is 17.1. The molecule has 0 aliphatic heterocycles. The van der Waals surface area contributed by atoms with Gasteiger partial charge in [0.1, 0.15) is 11.6 Å². The molecule has 1 N–H and O–H groups in total. The van der Waals surface area contributed by atoms with Crippen molar-refractivity contribution in [2.24, 2.45) is 0 Å². The first kappa shape index (κ1) is 25.0. The van der Waals surface area contributed by atoms with Crippen LogP contribution in [0.5, 0.6) is 5.75 Å². The number of hydrogen-bond donors (Lipinski definition) is 1. The number of thioether (sulfide) groups is 1. The molecule has 0 bridgehead atoms. The number of aryl methyl sites for hydroxylation is 1. The fourth-order valence-electron chi connectivity index (χ4n) is 2.85. The smallest absolute Gasteiger partial charge is 0.234 e. The number of nitrogens with one attached hydrogen (secondary N) is 1. The molecule has 32 heavy (non-hydrogen) atoms. The Hall–Kier alpha value is -1.64. The van der Waals surface area contributed by atoms with Gasteiger partial charge in [0.2, 0.25) is 5.91 Å². The lowest BCUT2D eigenvalue weighted by atomic mass is 10.3. The predicted octanol–water partition coefficient (Wildman–Crippen LogP) is 6.65. The minimum absolute atomic E-state index is 0.166. The summed E-state index contributed by atoms with van der Waals surface area (Å²) < 4.78 is 7.71. The second kappa shape index (κ2) is 12.0. The molecule has 11 heteroatoms. The Kier molecular flexibility index (Phi) is 9.37. The molecule has 0 saturated heterocycles. The van der Waals surface area contributed by atoms with E-state index in [4.69, 9.17) is 51.1 Å². The van der Waals surface area contributed by atoms with E-state index < -0.39 is 0 Å². The fourth-order valence-corrected chi connectivity index (χ4v) is 4.48. The fraction of sp³-hybridized carbons (Fsp3) is 0.286. The van der Waals surface area contributed by atoms with Crippen LogP contribution in [0.2, 0.25) is 20.1 Å². The van der Waals surface area contributed by atoms with Crippen LogP contribution in [0.25, 0.3) is 0 Å². The van der Waals surface area contributed by atoms with Crippen molar-refractivity contribution in [1.82, 2.24) is 14.8 Å². The molecule has 2 aromatic carbocycles. The highest BCUT2D eigenvalue weighted by Crippen LogP contribution is 2.30. The summed E-state index contributed by atoms with van der Waals surface area (Å²) in [6, 6.07) is 10.2. The number of benzene rings is 2. The van der Waals surface area contributed by atoms with Crippen LogP contribution in [0, 0.1) is 0 Å². The second-order valence-corrected chi connectivity index (χ2v) is 9.18. The van der Waals surface area contributed by atoms with Gasteiger partial charge in [0.05, 0.1) is 33.1 Å². The van der Waals surface area contributed by atoms with E-state index in [0.717, 1.165) is 12.2 Å². The van der Waals surface area contributed by atoms with Crippen molar-refractivity contribution in [3.63, 3.8) is 0 Å². The van der Waals surface area contributed by atoms with Gasteiger partial charge in [-0.05, 0) is 43.7 Å². The van der Waals surface area contributed by atoms with E-state index in [0.29, 0.717) is 56.3 Å². The van der Waals surface area contributed by atoms with Crippen LogP contribution in [0.3, 0.4) is 0 Å². The van der Waals surface area contributed by atoms with E-state index >= 15 is 0 Å². The number of amides is 1. The van der Waals surface area contributed by atoms with E-state index in [1.54, 1.807) is 36.4 Å². The van der Waals surface area contributed by atoms with E-state index in [1.165, 1.54) is 11.8 Å². The van der Waals surface area contributed by atoms with Crippen LogP contribution in [-0.4, -0.2) is 33.0 Å². The Balaban J connectivity index is 1.50. The third-order valence-corrected chi connectivity index (χ3v) is 6.68. The van der Waals surface area contributed by atoms with Crippen LogP contribution in [0.4, 0.5) is 5.69 Å². The van der Waals surface area contributed by atoms with Gasteiger partial charge in [0.15, 0.2) is 5.16 Å². The number of carbonyl (C=O) groups excluding carboxylic acids is 1. The van der Waals surface area contributed by atoms with Gasteiger partial charge in [-0.25, -0.2) is 0 Å². The first-order chi connectivity index (χ1) is 15.4. The lowest BCUT2D eigenvalue weighted by Gasteiger charge is -2.10. The summed E-state index contributed by atoms with van der Waals surface area (Å²) in [5.74, 6) is 1.38. The van der Waals surface area contributed by atoms with Gasteiger partial charge in [0, 0.05) is 18.0 Å². The van der Waals surface area contributed by atoms with Gasteiger partial charge in [-0.15, -0.1) is 10.2 Å². The van der Waals surface area contributed by atoms with E-state index in [2.05, 4.69) is 15.5 Å². The first-order valence-electron chi connectivity index (χ1n) is 9.75. The summed E-state index contributed by atoms with van der Waals surface area (Å²) in [4.78, 5) is 12.3. The maximum atomic E-state index is 12.3. The number of nitrogens with zero attached hydrogens (tertiary/aromatic N) is 3. The summed E-state index contributed by atoms with van der Waals surface area (Å²) in [5, 5.41) is 13.7.